The van der Waals surface area contributed by atoms with Crippen molar-refractivity contribution in [2.45, 2.75) is 0 Å². The molecule has 0 aliphatic rings. The molecule has 0 fully saturated rings. The van der Waals surface area contributed by atoms with Crippen molar-refractivity contribution in [3.8, 4) is 0 Å². The lowest BCUT2D eigenvalue weighted by atomic mass is 10.2. The molecule has 2 aromatic rings. The summed E-state index contributed by atoms with van der Waals surface area (Å²) in [4.78, 5) is 22.8. The highest BCUT2D eigenvalue weighted by atomic mass is 35.5. The SMILES string of the molecule is O=C(Nc1cc(=O)[nH]nc1Cl)c1ccccc1. The number of benzene rings is 1. The van der Waals surface area contributed by atoms with Crippen LogP contribution in [0.2, 0.25) is 5.15 Å². The van der Waals surface area contributed by atoms with Crippen molar-refractivity contribution in [1.29, 1.82) is 0 Å². The van der Waals surface area contributed by atoms with Gasteiger partial charge in [0.05, 0.1) is 5.69 Å². The highest BCUT2D eigenvalue weighted by molar-refractivity contribution is 6.32. The third-order valence-electron chi connectivity index (χ3n) is 2.05. The number of rotatable bonds is 2. The summed E-state index contributed by atoms with van der Waals surface area (Å²) in [5, 5.41) is 8.25. The molecule has 1 aromatic carbocycles. The van der Waals surface area contributed by atoms with Crippen LogP contribution in [0.15, 0.2) is 41.2 Å². The van der Waals surface area contributed by atoms with Gasteiger partial charge in [-0.3, -0.25) is 9.59 Å². The molecule has 0 unspecified atom stereocenters. The molecular weight excluding hydrogens is 242 g/mol. The van der Waals surface area contributed by atoms with Gasteiger partial charge >= 0.3 is 0 Å². The summed E-state index contributed by atoms with van der Waals surface area (Å²) in [5.74, 6) is -0.347. The number of carbonyl (C=O) groups is 1. The van der Waals surface area contributed by atoms with E-state index in [1.807, 2.05) is 0 Å². The van der Waals surface area contributed by atoms with Crippen molar-refractivity contribution in [3.05, 3.63) is 57.5 Å². The maximum atomic E-state index is 11.8. The van der Waals surface area contributed by atoms with E-state index in [0.29, 0.717) is 5.56 Å². The van der Waals surface area contributed by atoms with E-state index in [-0.39, 0.29) is 16.7 Å². The second kappa shape index (κ2) is 4.80. The Balaban J connectivity index is 2.25. The molecule has 6 heteroatoms. The van der Waals surface area contributed by atoms with Crippen molar-refractivity contribution in [3.63, 3.8) is 0 Å². The monoisotopic (exact) mass is 249 g/mol. The Morgan fingerprint density at radius 1 is 1.29 bits per heavy atom. The van der Waals surface area contributed by atoms with Gasteiger partial charge in [0.2, 0.25) is 0 Å². The zero-order valence-electron chi connectivity index (χ0n) is 8.61. The zero-order chi connectivity index (χ0) is 12.3. The predicted octanol–water partition coefficient (Wildman–Crippen LogP) is 1.68. The van der Waals surface area contributed by atoms with E-state index in [2.05, 4.69) is 15.5 Å². The number of halogens is 1. The summed E-state index contributed by atoms with van der Waals surface area (Å²) < 4.78 is 0. The van der Waals surface area contributed by atoms with Gasteiger partial charge in [-0.25, -0.2) is 5.10 Å². The van der Waals surface area contributed by atoms with E-state index >= 15 is 0 Å². The zero-order valence-corrected chi connectivity index (χ0v) is 9.36. The highest BCUT2D eigenvalue weighted by Crippen LogP contribution is 2.15. The minimum Gasteiger partial charge on any atom is -0.319 e. The van der Waals surface area contributed by atoms with Gasteiger partial charge in [0.15, 0.2) is 5.15 Å². The van der Waals surface area contributed by atoms with Crippen molar-refractivity contribution < 1.29 is 4.79 Å². The molecule has 1 amide bonds. The van der Waals surface area contributed by atoms with Gasteiger partial charge in [0.25, 0.3) is 11.5 Å². The molecule has 0 spiro atoms. The van der Waals surface area contributed by atoms with Gasteiger partial charge < -0.3 is 5.32 Å². The van der Waals surface area contributed by atoms with E-state index in [1.54, 1.807) is 30.3 Å². The predicted molar refractivity (Wildman–Crippen MR) is 64.3 cm³/mol. The number of aromatic nitrogens is 2. The van der Waals surface area contributed by atoms with Gasteiger partial charge in [-0.1, -0.05) is 29.8 Å². The summed E-state index contributed by atoms with van der Waals surface area (Å²) in [5.41, 5.74) is 0.228. The molecule has 0 bridgehead atoms. The Morgan fingerprint density at radius 2 is 2.00 bits per heavy atom. The first-order chi connectivity index (χ1) is 8.16. The van der Waals surface area contributed by atoms with Gasteiger partial charge in [0.1, 0.15) is 0 Å². The van der Waals surface area contributed by atoms with Crippen LogP contribution in [0.25, 0.3) is 0 Å². The van der Waals surface area contributed by atoms with Crippen molar-refractivity contribution in [1.82, 2.24) is 10.2 Å². The van der Waals surface area contributed by atoms with E-state index in [4.69, 9.17) is 11.6 Å². The molecule has 0 aliphatic heterocycles. The largest absolute Gasteiger partial charge is 0.319 e. The van der Waals surface area contributed by atoms with Crippen LogP contribution in [0.3, 0.4) is 0 Å². The quantitative estimate of drug-likeness (QED) is 0.850. The molecule has 17 heavy (non-hydrogen) atoms. The summed E-state index contributed by atoms with van der Waals surface area (Å²) in [7, 11) is 0. The highest BCUT2D eigenvalue weighted by Gasteiger charge is 2.09. The first-order valence-electron chi connectivity index (χ1n) is 4.78. The second-order valence-electron chi connectivity index (χ2n) is 3.26. The van der Waals surface area contributed by atoms with Crippen molar-refractivity contribution in [2.75, 3.05) is 5.32 Å². The topological polar surface area (TPSA) is 74.8 Å². The Bertz CT molecular complexity index is 595. The first-order valence-corrected chi connectivity index (χ1v) is 5.16. The second-order valence-corrected chi connectivity index (χ2v) is 3.61. The first kappa shape index (κ1) is 11.3. The Morgan fingerprint density at radius 3 is 2.71 bits per heavy atom. The van der Waals surface area contributed by atoms with Gasteiger partial charge in [-0.15, -0.1) is 0 Å². The fourth-order valence-corrected chi connectivity index (χ4v) is 1.40. The number of nitrogens with one attached hydrogen (secondary N) is 2. The molecule has 2 rings (SSSR count). The van der Waals surface area contributed by atoms with Crippen LogP contribution in [0, 0.1) is 0 Å². The molecule has 0 aliphatic carbocycles. The van der Waals surface area contributed by atoms with Crippen LogP contribution in [0.5, 0.6) is 0 Å². The van der Waals surface area contributed by atoms with Crippen molar-refractivity contribution >= 4 is 23.2 Å². The van der Waals surface area contributed by atoms with Gasteiger partial charge in [-0.2, -0.15) is 5.10 Å². The number of amides is 1. The summed E-state index contributed by atoms with van der Waals surface area (Å²) in [6, 6.07) is 9.78. The molecular formula is C11H8ClN3O2. The fraction of sp³-hybridized carbons (Fsp3) is 0. The Hall–Kier alpha value is -2.14. The normalized spacial score (nSPS) is 9.94. The number of carbonyl (C=O) groups excluding carboxylic acids is 1. The summed E-state index contributed by atoms with van der Waals surface area (Å²) >= 11 is 5.73. The average molecular weight is 250 g/mol. The Kier molecular flexibility index (Phi) is 3.20. The van der Waals surface area contributed by atoms with E-state index in [1.165, 1.54) is 6.07 Å². The fourth-order valence-electron chi connectivity index (χ4n) is 1.26. The maximum absolute atomic E-state index is 11.8. The molecule has 0 saturated heterocycles. The Labute approximate surface area is 101 Å². The molecule has 0 radical (unpaired) electrons. The van der Waals surface area contributed by atoms with Gasteiger partial charge in [0, 0.05) is 11.6 Å². The van der Waals surface area contributed by atoms with Crippen LogP contribution < -0.4 is 10.9 Å². The lowest BCUT2D eigenvalue weighted by molar-refractivity contribution is 0.102. The standard InChI is InChI=1S/C11H8ClN3O2/c12-10-8(6-9(16)14-15-10)13-11(17)7-4-2-1-3-5-7/h1-6H,(H2,13,14,16,17). The van der Waals surface area contributed by atoms with E-state index < -0.39 is 5.56 Å². The molecule has 5 nitrogen and oxygen atoms in total. The molecule has 2 N–H and O–H groups in total. The maximum Gasteiger partial charge on any atom is 0.266 e. The number of anilines is 1. The molecule has 1 aromatic heterocycles. The third kappa shape index (κ3) is 2.70. The van der Waals surface area contributed by atoms with Crippen LogP contribution >= 0.6 is 11.6 Å². The molecule has 0 atom stereocenters. The molecule has 1 heterocycles. The molecule has 0 saturated carbocycles. The van der Waals surface area contributed by atoms with Crippen LogP contribution in [-0.2, 0) is 0 Å². The minimum absolute atomic E-state index is 0.0360. The van der Waals surface area contributed by atoms with E-state index in [0.717, 1.165) is 0 Å². The average Bonchev–Trinajstić information content (AvgIpc) is 2.35. The minimum atomic E-state index is -0.433. The summed E-state index contributed by atoms with van der Waals surface area (Å²) in [6.45, 7) is 0. The number of aromatic amines is 1. The molecule has 86 valence electrons. The number of nitrogens with zero attached hydrogens (tertiary/aromatic N) is 1. The number of H-pyrrole nitrogens is 1. The van der Waals surface area contributed by atoms with Crippen LogP contribution in [0.1, 0.15) is 10.4 Å². The number of hydrogen-bond acceptors (Lipinski definition) is 3. The lowest BCUT2D eigenvalue weighted by Crippen LogP contribution is -2.16. The smallest absolute Gasteiger partial charge is 0.266 e. The van der Waals surface area contributed by atoms with E-state index in [9.17, 15) is 9.59 Å². The number of hydrogen-bond donors (Lipinski definition) is 2. The summed E-state index contributed by atoms with van der Waals surface area (Å²) in [6.07, 6.45) is 0. The van der Waals surface area contributed by atoms with Crippen LogP contribution in [-0.4, -0.2) is 16.1 Å². The van der Waals surface area contributed by atoms with Crippen molar-refractivity contribution in [2.24, 2.45) is 0 Å². The lowest BCUT2D eigenvalue weighted by Gasteiger charge is -2.05. The third-order valence-corrected chi connectivity index (χ3v) is 2.33. The van der Waals surface area contributed by atoms with Crippen LogP contribution in [0.4, 0.5) is 5.69 Å². The van der Waals surface area contributed by atoms with Gasteiger partial charge in [-0.05, 0) is 12.1 Å².